The molecule has 6 heteroatoms. The van der Waals surface area contributed by atoms with Gasteiger partial charge in [0.25, 0.3) is 0 Å². The molecule has 0 atom stereocenters. The third-order valence-electron chi connectivity index (χ3n) is 10.9. The molecule has 0 N–H and O–H groups in total. The maximum atomic E-state index is 5.04. The molecule has 2 aromatic heterocycles. The van der Waals surface area contributed by atoms with Gasteiger partial charge in [0.1, 0.15) is 5.82 Å². The maximum absolute atomic E-state index is 5.04. The first kappa shape index (κ1) is 37.7. The van der Waals surface area contributed by atoms with Gasteiger partial charge in [-0.25, -0.2) is 4.98 Å². The van der Waals surface area contributed by atoms with Crippen LogP contribution >= 0.6 is 11.8 Å². The van der Waals surface area contributed by atoms with E-state index in [4.69, 9.17) is 4.98 Å². The largest absolute Gasteiger partial charge is 2.00 e. The summed E-state index contributed by atoms with van der Waals surface area (Å²) in [7, 11) is 0. The van der Waals surface area contributed by atoms with Gasteiger partial charge in [0.05, 0.1) is 18.0 Å². The number of para-hydroxylation sites is 3. The summed E-state index contributed by atoms with van der Waals surface area (Å²) in [5.41, 5.74) is 12.6. The van der Waals surface area contributed by atoms with Crippen molar-refractivity contribution in [3.8, 4) is 39.2 Å². The van der Waals surface area contributed by atoms with Crippen LogP contribution in [0.3, 0.4) is 0 Å². The predicted molar refractivity (Wildman–Crippen MR) is 239 cm³/mol. The number of anilines is 3. The second kappa shape index (κ2) is 15.5. The van der Waals surface area contributed by atoms with E-state index in [1.54, 1.807) is 11.8 Å². The zero-order valence-corrected chi connectivity index (χ0v) is 35.6. The molecule has 1 aliphatic rings. The molecule has 58 heavy (non-hydrogen) atoms. The van der Waals surface area contributed by atoms with Crippen molar-refractivity contribution < 1.29 is 21.1 Å². The van der Waals surface area contributed by atoms with Gasteiger partial charge in [-0.2, -0.15) is 24.3 Å². The Hall–Kier alpha value is -5.87. The van der Waals surface area contributed by atoms with E-state index in [-0.39, 0.29) is 26.6 Å². The van der Waals surface area contributed by atoms with Gasteiger partial charge in [0.2, 0.25) is 0 Å². The van der Waals surface area contributed by atoms with Crippen LogP contribution in [0.15, 0.2) is 186 Å². The van der Waals surface area contributed by atoms with Crippen molar-refractivity contribution in [3.63, 3.8) is 0 Å². The minimum atomic E-state index is -0.0100. The molecule has 0 amide bonds. The topological polar surface area (TPSA) is 24.3 Å². The normalized spacial score (nSPS) is 12.5. The molecule has 0 aliphatic carbocycles. The predicted octanol–water partition coefficient (Wildman–Crippen LogP) is 13.6. The van der Waals surface area contributed by atoms with Gasteiger partial charge in [0, 0.05) is 17.3 Å². The van der Waals surface area contributed by atoms with Crippen molar-refractivity contribution in [3.05, 3.63) is 188 Å². The van der Waals surface area contributed by atoms with E-state index in [9.17, 15) is 0 Å². The number of rotatable bonds is 7. The molecule has 0 fully saturated rings. The Morgan fingerprint density at radius 2 is 1.21 bits per heavy atom. The maximum Gasteiger partial charge on any atom is 2.00 e. The van der Waals surface area contributed by atoms with Crippen molar-refractivity contribution in [1.29, 1.82) is 0 Å². The van der Waals surface area contributed by atoms with Gasteiger partial charge >= 0.3 is 21.1 Å². The van der Waals surface area contributed by atoms with Crippen molar-refractivity contribution in [2.75, 3.05) is 16.5 Å². The zero-order valence-electron chi connectivity index (χ0n) is 32.5. The molecule has 0 saturated heterocycles. The van der Waals surface area contributed by atoms with Gasteiger partial charge in [0.15, 0.2) is 0 Å². The monoisotopic (exact) mass is 947 g/mol. The SMILES string of the molecule is CC(C)(C)N1CN(c2[c-]c(Sc3[c-]c4c(cc3)c3ccccc3n4-c3cc(-c4c(-c5ccccc5)cccc4-c4ccccc4)ccn3)ccc2)c2ccccc21.[Pt+2]. The second-order valence-corrected chi connectivity index (χ2v) is 16.5. The third-order valence-corrected chi connectivity index (χ3v) is 11.8. The molecular weight excluding hydrogens is 908 g/mol. The standard InChI is InChI=1S/C52H40N4S.Pt/c1-52(2,3)55-35-54(47-26-12-13-27-48(47)55)39-20-14-21-40(33-39)57-41-28-29-45-44-22-10-11-25-46(44)56(49(45)34-41)50-32-38(30-31-53-50)51-42(36-16-6-4-7-17-36)23-15-24-43(51)37-18-8-5-9-19-37;/h4-32H,35H2,1-3H3;/q-2;+2. The Bertz CT molecular complexity index is 2860. The summed E-state index contributed by atoms with van der Waals surface area (Å²) in [6.45, 7) is 7.59. The number of hydrogen-bond donors (Lipinski definition) is 0. The first-order valence-electron chi connectivity index (χ1n) is 19.4. The Kier molecular flexibility index (Phi) is 10.1. The summed E-state index contributed by atoms with van der Waals surface area (Å²) in [5, 5.41) is 2.32. The summed E-state index contributed by atoms with van der Waals surface area (Å²) in [6, 6.07) is 68.0. The van der Waals surface area contributed by atoms with Crippen molar-refractivity contribution >= 4 is 50.6 Å². The van der Waals surface area contributed by atoms with E-state index in [2.05, 4.69) is 217 Å². The molecule has 0 radical (unpaired) electrons. The molecule has 0 bridgehead atoms. The van der Waals surface area contributed by atoms with Crippen LogP contribution < -0.4 is 9.80 Å². The molecule has 7 aromatic carbocycles. The summed E-state index contributed by atoms with van der Waals surface area (Å²) < 4.78 is 2.27. The van der Waals surface area contributed by atoms with Gasteiger partial charge in [-0.05, 0) is 89.9 Å². The van der Waals surface area contributed by atoms with Crippen LogP contribution in [0.1, 0.15) is 20.8 Å². The third kappa shape index (κ3) is 6.83. The number of aromatic nitrogens is 2. The molecule has 4 nitrogen and oxygen atoms in total. The molecule has 0 unspecified atom stereocenters. The Balaban J connectivity index is 0.00000436. The van der Waals surface area contributed by atoms with E-state index in [1.807, 2.05) is 6.20 Å². The first-order valence-corrected chi connectivity index (χ1v) is 20.2. The number of hydrogen-bond acceptors (Lipinski definition) is 4. The molecule has 3 heterocycles. The van der Waals surface area contributed by atoms with E-state index < -0.39 is 0 Å². The van der Waals surface area contributed by atoms with Crippen LogP contribution in [0.25, 0.3) is 61.0 Å². The zero-order chi connectivity index (χ0) is 38.5. The average molecular weight is 948 g/mol. The van der Waals surface area contributed by atoms with E-state index in [1.165, 1.54) is 44.6 Å². The van der Waals surface area contributed by atoms with Gasteiger partial charge in [-0.3, -0.25) is 0 Å². The molecular formula is C52H40N4PtS. The fraction of sp³-hybridized carbons (Fsp3) is 0.0962. The molecule has 9 aromatic rings. The molecule has 0 spiro atoms. The molecule has 0 saturated carbocycles. The van der Waals surface area contributed by atoms with Crippen LogP contribution in [-0.4, -0.2) is 21.8 Å². The number of pyridine rings is 1. The Morgan fingerprint density at radius 1 is 0.569 bits per heavy atom. The number of fused-ring (bicyclic) bond motifs is 4. The Morgan fingerprint density at radius 3 is 1.93 bits per heavy atom. The number of nitrogens with zero attached hydrogens (tertiary/aromatic N) is 4. The van der Waals surface area contributed by atoms with Crippen LogP contribution in [0, 0.1) is 12.1 Å². The van der Waals surface area contributed by atoms with Gasteiger partial charge in [-0.15, -0.1) is 45.1 Å². The van der Waals surface area contributed by atoms with Gasteiger partial charge < -0.3 is 14.4 Å². The summed E-state index contributed by atoms with van der Waals surface area (Å²) in [5.74, 6) is 0.851. The van der Waals surface area contributed by atoms with Crippen LogP contribution in [0.5, 0.6) is 0 Å². The van der Waals surface area contributed by atoms with E-state index >= 15 is 0 Å². The molecule has 10 rings (SSSR count). The average Bonchev–Trinajstić information content (AvgIpc) is 3.81. The Labute approximate surface area is 359 Å². The first-order chi connectivity index (χ1) is 27.9. The quantitative estimate of drug-likeness (QED) is 0.149. The van der Waals surface area contributed by atoms with E-state index in [0.717, 1.165) is 49.9 Å². The van der Waals surface area contributed by atoms with Crippen LogP contribution in [0.2, 0.25) is 0 Å². The molecule has 284 valence electrons. The van der Waals surface area contributed by atoms with Gasteiger partial charge in [-0.1, -0.05) is 120 Å². The summed E-state index contributed by atoms with van der Waals surface area (Å²) >= 11 is 1.69. The van der Waals surface area contributed by atoms with Crippen LogP contribution in [-0.2, 0) is 21.1 Å². The minimum Gasteiger partial charge on any atom is -0.347 e. The van der Waals surface area contributed by atoms with Crippen molar-refractivity contribution in [2.45, 2.75) is 36.1 Å². The summed E-state index contributed by atoms with van der Waals surface area (Å²) in [4.78, 5) is 11.9. The van der Waals surface area contributed by atoms with Crippen molar-refractivity contribution in [1.82, 2.24) is 9.55 Å². The van der Waals surface area contributed by atoms with Crippen LogP contribution in [0.4, 0.5) is 17.1 Å². The minimum absolute atomic E-state index is 0. The number of benzene rings is 7. The summed E-state index contributed by atoms with van der Waals surface area (Å²) in [6.07, 6.45) is 1.94. The smallest absolute Gasteiger partial charge is 0.347 e. The fourth-order valence-corrected chi connectivity index (χ4v) is 9.04. The second-order valence-electron chi connectivity index (χ2n) is 15.5. The van der Waals surface area contributed by atoms with Crippen molar-refractivity contribution in [2.24, 2.45) is 0 Å². The fourth-order valence-electron chi connectivity index (χ4n) is 8.21. The van der Waals surface area contributed by atoms with E-state index in [0.29, 0.717) is 0 Å². The molecule has 1 aliphatic heterocycles.